The van der Waals surface area contributed by atoms with Crippen LogP contribution >= 0.6 is 11.3 Å². The first kappa shape index (κ1) is 14.7. The van der Waals surface area contributed by atoms with E-state index in [2.05, 4.69) is 22.1 Å². The van der Waals surface area contributed by atoms with Crippen LogP contribution in [-0.2, 0) is 6.54 Å². The first-order valence-corrected chi connectivity index (χ1v) is 8.53. The Balaban J connectivity index is 1.60. The van der Waals surface area contributed by atoms with Gasteiger partial charge in [-0.1, -0.05) is 6.92 Å². The Morgan fingerprint density at radius 1 is 1.43 bits per heavy atom. The Morgan fingerprint density at radius 3 is 3.00 bits per heavy atom. The molecule has 1 fully saturated rings. The molecule has 114 valence electrons. The van der Waals surface area contributed by atoms with Crippen molar-refractivity contribution in [2.75, 3.05) is 26.2 Å². The van der Waals surface area contributed by atoms with Gasteiger partial charge in [-0.2, -0.15) is 0 Å². The predicted octanol–water partition coefficient (Wildman–Crippen LogP) is 1.58. The van der Waals surface area contributed by atoms with Crippen molar-refractivity contribution in [3.8, 4) is 0 Å². The largest absolute Gasteiger partial charge is 0.317 e. The Labute approximate surface area is 128 Å². The van der Waals surface area contributed by atoms with E-state index in [0.29, 0.717) is 0 Å². The lowest BCUT2D eigenvalue weighted by Crippen LogP contribution is -2.37. The number of hydrogen-bond acceptors (Lipinski definition) is 5. The zero-order chi connectivity index (χ0) is 14.7. The quantitative estimate of drug-likeness (QED) is 0.911. The van der Waals surface area contributed by atoms with Crippen LogP contribution in [0.5, 0.6) is 0 Å². The van der Waals surface area contributed by atoms with Gasteiger partial charge in [-0.25, -0.2) is 4.98 Å². The summed E-state index contributed by atoms with van der Waals surface area (Å²) in [7, 11) is 0. The molecular formula is C15H22N4OS. The number of piperidine rings is 1. The molecule has 0 unspecified atom stereocenters. The number of aromatic nitrogens is 2. The molecule has 2 aromatic rings. The summed E-state index contributed by atoms with van der Waals surface area (Å²) in [6, 6.07) is 1.67. The third kappa shape index (κ3) is 3.51. The van der Waals surface area contributed by atoms with Crippen LogP contribution in [-0.4, -0.2) is 40.5 Å². The van der Waals surface area contributed by atoms with Gasteiger partial charge in [0.2, 0.25) is 0 Å². The molecule has 0 aliphatic carbocycles. The maximum Gasteiger partial charge on any atom is 0.258 e. The Bertz CT molecular complexity index is 642. The van der Waals surface area contributed by atoms with Crippen LogP contribution in [0.4, 0.5) is 0 Å². The number of rotatable bonds is 5. The lowest BCUT2D eigenvalue weighted by atomic mass is 9.96. The number of thiazole rings is 1. The zero-order valence-corrected chi connectivity index (χ0v) is 13.2. The van der Waals surface area contributed by atoms with E-state index in [9.17, 15) is 4.79 Å². The van der Waals surface area contributed by atoms with Gasteiger partial charge in [-0.3, -0.25) is 14.1 Å². The third-order valence-corrected chi connectivity index (χ3v) is 4.89. The maximum atomic E-state index is 12.0. The molecule has 1 aliphatic rings. The molecule has 0 amide bonds. The lowest BCUT2D eigenvalue weighted by Gasteiger charge is -2.31. The molecule has 0 saturated carbocycles. The van der Waals surface area contributed by atoms with Crippen molar-refractivity contribution in [2.45, 2.75) is 26.3 Å². The molecule has 1 saturated heterocycles. The van der Waals surface area contributed by atoms with Gasteiger partial charge < -0.3 is 5.32 Å². The fourth-order valence-corrected chi connectivity index (χ4v) is 3.63. The van der Waals surface area contributed by atoms with E-state index in [4.69, 9.17) is 0 Å². The molecule has 1 N–H and O–H groups in total. The first-order valence-electron chi connectivity index (χ1n) is 7.65. The standard InChI is InChI=1S/C15H22N4OS/c1-2-16-10-12-3-5-18(6-4-12)11-13-9-14(20)19-7-8-21-15(19)17-13/h7-9,12,16H,2-6,10-11H2,1H3. The summed E-state index contributed by atoms with van der Waals surface area (Å²) in [5.74, 6) is 0.791. The van der Waals surface area contributed by atoms with Crippen LogP contribution in [0.1, 0.15) is 25.5 Å². The highest BCUT2D eigenvalue weighted by Gasteiger charge is 2.19. The molecule has 0 aromatic carbocycles. The minimum atomic E-state index is 0.0262. The smallest absolute Gasteiger partial charge is 0.258 e. The molecule has 0 atom stereocenters. The van der Waals surface area contributed by atoms with Crippen molar-refractivity contribution in [1.29, 1.82) is 0 Å². The lowest BCUT2D eigenvalue weighted by molar-refractivity contribution is 0.174. The summed E-state index contributed by atoms with van der Waals surface area (Å²) in [4.78, 5) is 19.8. The molecule has 21 heavy (non-hydrogen) atoms. The number of likely N-dealkylation sites (tertiary alicyclic amines) is 1. The molecule has 1 aliphatic heterocycles. The molecule has 6 heteroatoms. The van der Waals surface area contributed by atoms with E-state index >= 15 is 0 Å². The number of fused-ring (bicyclic) bond motifs is 1. The second-order valence-electron chi connectivity index (χ2n) is 5.67. The van der Waals surface area contributed by atoms with Gasteiger partial charge in [-0.05, 0) is 44.9 Å². The molecule has 3 rings (SSSR count). The van der Waals surface area contributed by atoms with Gasteiger partial charge in [0.25, 0.3) is 5.56 Å². The first-order chi connectivity index (χ1) is 10.3. The summed E-state index contributed by atoms with van der Waals surface area (Å²) in [6.45, 7) is 7.32. The second-order valence-corrected chi connectivity index (χ2v) is 6.54. The molecular weight excluding hydrogens is 284 g/mol. The molecule has 0 radical (unpaired) electrons. The maximum absolute atomic E-state index is 12.0. The average molecular weight is 306 g/mol. The van der Waals surface area contributed by atoms with Gasteiger partial charge in [0.15, 0.2) is 4.96 Å². The highest BCUT2D eigenvalue weighted by molar-refractivity contribution is 7.15. The van der Waals surface area contributed by atoms with Gasteiger partial charge in [0, 0.05) is 24.2 Å². The van der Waals surface area contributed by atoms with E-state index in [0.717, 1.165) is 49.3 Å². The van der Waals surface area contributed by atoms with E-state index < -0.39 is 0 Å². The summed E-state index contributed by atoms with van der Waals surface area (Å²) in [5, 5.41) is 5.34. The normalized spacial score (nSPS) is 17.6. The van der Waals surface area contributed by atoms with E-state index in [-0.39, 0.29) is 5.56 Å². The number of nitrogens with one attached hydrogen (secondary N) is 1. The fourth-order valence-electron chi connectivity index (χ4n) is 2.90. The van der Waals surface area contributed by atoms with Crippen molar-refractivity contribution in [3.05, 3.63) is 33.7 Å². The van der Waals surface area contributed by atoms with Gasteiger partial charge in [0.05, 0.1) is 5.69 Å². The van der Waals surface area contributed by atoms with Crippen LogP contribution < -0.4 is 10.9 Å². The zero-order valence-electron chi connectivity index (χ0n) is 12.4. The van der Waals surface area contributed by atoms with Gasteiger partial charge in [0.1, 0.15) is 0 Å². The monoisotopic (exact) mass is 306 g/mol. The molecule has 5 nitrogen and oxygen atoms in total. The van der Waals surface area contributed by atoms with Crippen molar-refractivity contribution >= 4 is 16.3 Å². The predicted molar refractivity (Wildman–Crippen MR) is 85.9 cm³/mol. The molecule has 2 aromatic heterocycles. The highest BCUT2D eigenvalue weighted by Crippen LogP contribution is 2.18. The SMILES string of the molecule is CCNCC1CCN(Cc2cc(=O)n3ccsc3n2)CC1. The van der Waals surface area contributed by atoms with Gasteiger partial charge in [-0.15, -0.1) is 11.3 Å². The Morgan fingerprint density at radius 2 is 2.24 bits per heavy atom. The minimum Gasteiger partial charge on any atom is -0.317 e. The minimum absolute atomic E-state index is 0.0262. The summed E-state index contributed by atoms with van der Waals surface area (Å²) in [5.41, 5.74) is 0.922. The fraction of sp³-hybridized carbons (Fsp3) is 0.600. The van der Waals surface area contributed by atoms with E-state index in [1.165, 1.54) is 24.2 Å². The molecule has 0 bridgehead atoms. The van der Waals surface area contributed by atoms with Crippen molar-refractivity contribution < 1.29 is 0 Å². The topological polar surface area (TPSA) is 49.6 Å². The Hall–Kier alpha value is -1.24. The van der Waals surface area contributed by atoms with Crippen LogP contribution in [0.3, 0.4) is 0 Å². The summed E-state index contributed by atoms with van der Waals surface area (Å²) in [6.07, 6.45) is 4.24. The van der Waals surface area contributed by atoms with Crippen molar-refractivity contribution in [2.24, 2.45) is 5.92 Å². The molecule has 0 spiro atoms. The van der Waals surface area contributed by atoms with E-state index in [1.807, 2.05) is 5.38 Å². The third-order valence-electron chi connectivity index (χ3n) is 4.13. The van der Waals surface area contributed by atoms with Crippen LogP contribution in [0, 0.1) is 5.92 Å². The number of nitrogens with zero attached hydrogens (tertiary/aromatic N) is 3. The van der Waals surface area contributed by atoms with Crippen LogP contribution in [0.2, 0.25) is 0 Å². The average Bonchev–Trinajstić information content (AvgIpc) is 2.95. The summed E-state index contributed by atoms with van der Waals surface area (Å²) >= 11 is 1.51. The van der Waals surface area contributed by atoms with Crippen molar-refractivity contribution in [1.82, 2.24) is 19.6 Å². The van der Waals surface area contributed by atoms with Crippen LogP contribution in [0.15, 0.2) is 22.4 Å². The molecule has 3 heterocycles. The Kier molecular flexibility index (Phi) is 4.67. The van der Waals surface area contributed by atoms with Crippen molar-refractivity contribution in [3.63, 3.8) is 0 Å². The summed E-state index contributed by atoms with van der Waals surface area (Å²) < 4.78 is 1.61. The van der Waals surface area contributed by atoms with Gasteiger partial charge >= 0.3 is 0 Å². The van der Waals surface area contributed by atoms with E-state index in [1.54, 1.807) is 16.7 Å². The second kappa shape index (κ2) is 6.68. The highest BCUT2D eigenvalue weighted by atomic mass is 32.1. The van der Waals surface area contributed by atoms with Crippen LogP contribution in [0.25, 0.3) is 4.96 Å². The number of hydrogen-bond donors (Lipinski definition) is 1.